The van der Waals surface area contributed by atoms with Gasteiger partial charge in [-0.25, -0.2) is 9.37 Å². The van der Waals surface area contributed by atoms with Gasteiger partial charge in [0.1, 0.15) is 11.5 Å². The zero-order chi connectivity index (χ0) is 18.6. The van der Waals surface area contributed by atoms with Crippen molar-refractivity contribution in [3.8, 4) is 0 Å². The molecule has 0 saturated carbocycles. The molecule has 0 amide bonds. The highest BCUT2D eigenvalue weighted by Crippen LogP contribution is 2.16. The Kier molecular flexibility index (Phi) is 6.71. The number of fused-ring (bicyclic) bond motifs is 1. The Morgan fingerprint density at radius 3 is 2.54 bits per heavy atom. The van der Waals surface area contributed by atoms with Crippen molar-refractivity contribution in [1.29, 1.82) is 0 Å². The van der Waals surface area contributed by atoms with Gasteiger partial charge in [-0.1, -0.05) is 6.07 Å². The number of hydrogen-bond acceptors (Lipinski definition) is 3. The van der Waals surface area contributed by atoms with E-state index in [9.17, 15) is 4.39 Å². The number of piperazine rings is 1. The molecule has 0 spiro atoms. The molecule has 148 valence electrons. The molecule has 1 saturated heterocycles. The molecule has 1 fully saturated rings. The maximum absolute atomic E-state index is 13.1. The minimum Gasteiger partial charge on any atom is -0.370 e. The molecule has 3 aromatic rings. The molecular weight excluding hydrogens is 470 g/mol. The van der Waals surface area contributed by atoms with Crippen molar-refractivity contribution < 1.29 is 4.39 Å². The van der Waals surface area contributed by atoms with Crippen LogP contribution in [0, 0.1) is 5.82 Å². The van der Waals surface area contributed by atoms with Crippen LogP contribution in [0.2, 0.25) is 0 Å². The predicted molar refractivity (Wildman–Crippen MR) is 121 cm³/mol. The van der Waals surface area contributed by atoms with Gasteiger partial charge < -0.3 is 19.9 Å². The van der Waals surface area contributed by atoms with Crippen LogP contribution in [0.25, 0.3) is 5.65 Å². The van der Waals surface area contributed by atoms with Crippen LogP contribution in [0.5, 0.6) is 0 Å². The Morgan fingerprint density at radius 2 is 1.82 bits per heavy atom. The van der Waals surface area contributed by atoms with Crippen molar-refractivity contribution in [2.45, 2.75) is 6.42 Å². The third-order valence-corrected chi connectivity index (χ3v) is 4.85. The quantitative estimate of drug-likeness (QED) is 0.345. The highest BCUT2D eigenvalue weighted by atomic mass is 127. The van der Waals surface area contributed by atoms with E-state index in [0.29, 0.717) is 12.5 Å². The molecule has 2 N–H and O–H groups in total. The summed E-state index contributed by atoms with van der Waals surface area (Å²) in [5.41, 5.74) is 9.17. The average molecular weight is 494 g/mol. The SMILES string of the molecule is I.NC(=NCCc1cn2ccccc2n1)N1CCN(c2ccc(F)cc2)CC1. The molecule has 1 aromatic carbocycles. The lowest BCUT2D eigenvalue weighted by Gasteiger charge is -2.36. The molecule has 3 heterocycles. The van der Waals surface area contributed by atoms with E-state index in [0.717, 1.165) is 49.6 Å². The van der Waals surface area contributed by atoms with Gasteiger partial charge in [-0.15, -0.1) is 24.0 Å². The van der Waals surface area contributed by atoms with Crippen molar-refractivity contribution in [1.82, 2.24) is 14.3 Å². The summed E-state index contributed by atoms with van der Waals surface area (Å²) in [7, 11) is 0. The fourth-order valence-electron chi connectivity index (χ4n) is 3.34. The zero-order valence-electron chi connectivity index (χ0n) is 15.5. The number of nitrogens with zero attached hydrogens (tertiary/aromatic N) is 5. The van der Waals surface area contributed by atoms with Crippen molar-refractivity contribution in [2.75, 3.05) is 37.6 Å². The first-order valence-electron chi connectivity index (χ1n) is 9.17. The number of nitrogens with two attached hydrogens (primary N) is 1. The molecule has 4 rings (SSSR count). The molecule has 0 aliphatic carbocycles. The number of aliphatic imine (C=N–C) groups is 1. The first-order chi connectivity index (χ1) is 13.2. The van der Waals surface area contributed by atoms with Gasteiger partial charge in [-0.05, 0) is 36.4 Å². The second-order valence-electron chi connectivity index (χ2n) is 6.64. The van der Waals surface area contributed by atoms with Crippen LogP contribution in [0.1, 0.15) is 5.69 Å². The molecule has 2 aromatic heterocycles. The van der Waals surface area contributed by atoms with Crippen molar-refractivity contribution >= 4 is 41.3 Å². The second-order valence-corrected chi connectivity index (χ2v) is 6.64. The lowest BCUT2D eigenvalue weighted by atomic mass is 10.2. The van der Waals surface area contributed by atoms with Gasteiger partial charge >= 0.3 is 0 Å². The standard InChI is InChI=1S/C20H23FN6.HI/c21-16-4-6-18(7-5-16)25-11-13-26(14-12-25)20(22)23-9-8-17-15-27-10-2-1-3-19(27)24-17;/h1-7,10,15H,8-9,11-14H2,(H2,22,23);1H. The highest BCUT2D eigenvalue weighted by molar-refractivity contribution is 14.0. The van der Waals surface area contributed by atoms with Crippen LogP contribution in [0.15, 0.2) is 59.9 Å². The summed E-state index contributed by atoms with van der Waals surface area (Å²) in [5, 5.41) is 0. The molecule has 0 radical (unpaired) electrons. The molecule has 8 heteroatoms. The minimum absolute atomic E-state index is 0. The number of aromatic nitrogens is 2. The summed E-state index contributed by atoms with van der Waals surface area (Å²) in [6.45, 7) is 3.92. The maximum Gasteiger partial charge on any atom is 0.191 e. The van der Waals surface area contributed by atoms with Gasteiger partial charge in [0.15, 0.2) is 5.96 Å². The van der Waals surface area contributed by atoms with Gasteiger partial charge in [-0.2, -0.15) is 0 Å². The number of halogens is 2. The number of guanidine groups is 1. The number of pyridine rings is 1. The van der Waals surface area contributed by atoms with E-state index in [-0.39, 0.29) is 29.8 Å². The normalized spacial score (nSPS) is 15.0. The lowest BCUT2D eigenvalue weighted by Crippen LogP contribution is -2.51. The Morgan fingerprint density at radius 1 is 1.07 bits per heavy atom. The van der Waals surface area contributed by atoms with Gasteiger partial charge in [0.05, 0.1) is 5.69 Å². The summed E-state index contributed by atoms with van der Waals surface area (Å²) >= 11 is 0. The molecule has 0 atom stereocenters. The third-order valence-electron chi connectivity index (χ3n) is 4.85. The van der Waals surface area contributed by atoms with E-state index in [4.69, 9.17) is 5.73 Å². The Bertz CT molecular complexity index is 898. The Hall–Kier alpha value is -2.36. The zero-order valence-corrected chi connectivity index (χ0v) is 17.9. The summed E-state index contributed by atoms with van der Waals surface area (Å²) < 4.78 is 15.1. The molecule has 6 nitrogen and oxygen atoms in total. The average Bonchev–Trinajstić information content (AvgIpc) is 3.11. The predicted octanol–water partition coefficient (Wildman–Crippen LogP) is 2.77. The summed E-state index contributed by atoms with van der Waals surface area (Å²) in [6, 6.07) is 12.6. The van der Waals surface area contributed by atoms with Gasteiger partial charge in [0.2, 0.25) is 0 Å². The smallest absolute Gasteiger partial charge is 0.191 e. The largest absolute Gasteiger partial charge is 0.370 e. The van der Waals surface area contributed by atoms with Crippen LogP contribution < -0.4 is 10.6 Å². The Balaban J connectivity index is 0.00000225. The first-order valence-corrected chi connectivity index (χ1v) is 9.17. The van der Waals surface area contributed by atoms with E-state index in [1.807, 2.05) is 47.1 Å². The van der Waals surface area contributed by atoms with E-state index in [2.05, 4.69) is 19.8 Å². The highest BCUT2D eigenvalue weighted by Gasteiger charge is 2.18. The maximum atomic E-state index is 13.1. The van der Waals surface area contributed by atoms with E-state index >= 15 is 0 Å². The third kappa shape index (κ3) is 4.73. The topological polar surface area (TPSA) is 62.2 Å². The molecule has 0 bridgehead atoms. The van der Waals surface area contributed by atoms with Gasteiger partial charge in [0.25, 0.3) is 0 Å². The van der Waals surface area contributed by atoms with Gasteiger partial charge in [0, 0.05) is 57.2 Å². The van der Waals surface area contributed by atoms with Crippen molar-refractivity contribution in [2.24, 2.45) is 10.7 Å². The number of imidazole rings is 1. The molecule has 1 aliphatic rings. The first kappa shape index (κ1) is 20.4. The summed E-state index contributed by atoms with van der Waals surface area (Å²) in [4.78, 5) is 13.4. The van der Waals surface area contributed by atoms with E-state index < -0.39 is 0 Å². The van der Waals surface area contributed by atoms with E-state index in [1.54, 1.807) is 0 Å². The number of benzene rings is 1. The van der Waals surface area contributed by atoms with Crippen LogP contribution in [-0.2, 0) is 6.42 Å². The number of anilines is 1. The molecule has 28 heavy (non-hydrogen) atoms. The number of hydrogen-bond donors (Lipinski definition) is 1. The fourth-order valence-corrected chi connectivity index (χ4v) is 3.34. The molecule has 1 aliphatic heterocycles. The second kappa shape index (κ2) is 9.22. The monoisotopic (exact) mass is 494 g/mol. The molecule has 0 unspecified atom stereocenters. The van der Waals surface area contributed by atoms with E-state index in [1.165, 1.54) is 12.1 Å². The number of rotatable bonds is 4. The summed E-state index contributed by atoms with van der Waals surface area (Å²) in [5.74, 6) is 0.372. The summed E-state index contributed by atoms with van der Waals surface area (Å²) in [6.07, 6.45) is 4.78. The lowest BCUT2D eigenvalue weighted by molar-refractivity contribution is 0.381. The van der Waals surface area contributed by atoms with Crippen LogP contribution in [0.3, 0.4) is 0 Å². The van der Waals surface area contributed by atoms with Gasteiger partial charge in [-0.3, -0.25) is 4.99 Å². The van der Waals surface area contributed by atoms with Crippen molar-refractivity contribution in [3.05, 3.63) is 66.4 Å². The molecular formula is C20H24FIN6. The van der Waals surface area contributed by atoms with Crippen LogP contribution in [-0.4, -0.2) is 53.0 Å². The van der Waals surface area contributed by atoms with Crippen LogP contribution in [0.4, 0.5) is 10.1 Å². The minimum atomic E-state index is -0.209. The van der Waals surface area contributed by atoms with Crippen molar-refractivity contribution in [3.63, 3.8) is 0 Å². The Labute approximate surface area is 180 Å². The fraction of sp³-hybridized carbons (Fsp3) is 0.300. The van der Waals surface area contributed by atoms with Crippen LogP contribution >= 0.6 is 24.0 Å².